The Morgan fingerprint density at radius 3 is 2.73 bits per heavy atom. The second kappa shape index (κ2) is 6.65. The van der Waals surface area contributed by atoms with E-state index < -0.39 is 5.97 Å². The van der Waals surface area contributed by atoms with Crippen LogP contribution in [0.3, 0.4) is 0 Å². The van der Waals surface area contributed by atoms with Gasteiger partial charge in [-0.1, -0.05) is 36.4 Å². The predicted molar refractivity (Wildman–Crippen MR) is 85.0 cm³/mol. The van der Waals surface area contributed by atoms with Crippen LogP contribution < -0.4 is 4.74 Å². The van der Waals surface area contributed by atoms with Crippen molar-refractivity contribution in [1.82, 2.24) is 0 Å². The average molecular weight is 296 g/mol. The number of ether oxygens (including phenoxy) is 1. The van der Waals surface area contributed by atoms with Crippen LogP contribution in [-0.2, 0) is 24.2 Å². The summed E-state index contributed by atoms with van der Waals surface area (Å²) < 4.78 is 5.86. The summed E-state index contributed by atoms with van der Waals surface area (Å²) >= 11 is 0. The Labute approximate surface area is 130 Å². The predicted octanol–water partition coefficient (Wildman–Crippen LogP) is 3.85. The van der Waals surface area contributed by atoms with Gasteiger partial charge in [-0.25, -0.2) is 0 Å². The van der Waals surface area contributed by atoms with E-state index in [4.69, 9.17) is 9.84 Å². The molecule has 0 aromatic heterocycles. The topological polar surface area (TPSA) is 46.5 Å². The minimum atomic E-state index is -0.704. The number of aryl methyl sites for hydroxylation is 1. The zero-order chi connectivity index (χ0) is 15.4. The van der Waals surface area contributed by atoms with Gasteiger partial charge in [-0.3, -0.25) is 4.79 Å². The molecule has 2 aromatic rings. The molecule has 0 saturated heterocycles. The fourth-order valence-corrected chi connectivity index (χ4v) is 3.06. The zero-order valence-corrected chi connectivity index (χ0v) is 12.5. The van der Waals surface area contributed by atoms with E-state index in [0.717, 1.165) is 30.6 Å². The molecule has 0 radical (unpaired) electrons. The highest BCUT2D eigenvalue weighted by molar-refractivity contribution is 5.67. The number of carbonyl (C=O) groups is 1. The SMILES string of the molecule is O=C(O)CC1CCc2ccc(OCc3ccccc3)cc2C1. The van der Waals surface area contributed by atoms with Gasteiger partial charge in [-0.05, 0) is 54.0 Å². The van der Waals surface area contributed by atoms with Crippen LogP contribution in [-0.4, -0.2) is 11.1 Å². The molecule has 3 heteroatoms. The molecule has 0 amide bonds. The molecular formula is C19H20O3. The van der Waals surface area contributed by atoms with Crippen LogP contribution >= 0.6 is 0 Å². The van der Waals surface area contributed by atoms with E-state index in [-0.39, 0.29) is 12.3 Å². The van der Waals surface area contributed by atoms with E-state index in [1.807, 2.05) is 36.4 Å². The molecule has 1 N–H and O–H groups in total. The number of carboxylic acids is 1. The molecule has 1 unspecified atom stereocenters. The second-order valence-electron chi connectivity index (χ2n) is 5.91. The largest absolute Gasteiger partial charge is 0.489 e. The van der Waals surface area contributed by atoms with Crippen LogP contribution in [0, 0.1) is 5.92 Å². The van der Waals surface area contributed by atoms with Gasteiger partial charge < -0.3 is 9.84 Å². The molecule has 0 heterocycles. The Kier molecular flexibility index (Phi) is 4.42. The molecule has 3 nitrogen and oxygen atoms in total. The van der Waals surface area contributed by atoms with Crippen LogP contribution in [0.15, 0.2) is 48.5 Å². The zero-order valence-electron chi connectivity index (χ0n) is 12.5. The lowest BCUT2D eigenvalue weighted by Crippen LogP contribution is -2.17. The number of hydrogen-bond acceptors (Lipinski definition) is 2. The van der Waals surface area contributed by atoms with Crippen LogP contribution in [0.4, 0.5) is 0 Å². The normalized spacial score (nSPS) is 16.8. The lowest BCUT2D eigenvalue weighted by Gasteiger charge is -2.24. The first-order valence-electron chi connectivity index (χ1n) is 7.71. The summed E-state index contributed by atoms with van der Waals surface area (Å²) in [5, 5.41) is 8.95. The van der Waals surface area contributed by atoms with Gasteiger partial charge in [-0.15, -0.1) is 0 Å². The molecule has 2 aromatic carbocycles. The maximum atomic E-state index is 10.9. The molecule has 0 spiro atoms. The Balaban J connectivity index is 1.66. The molecule has 3 rings (SSSR count). The van der Waals surface area contributed by atoms with Crippen molar-refractivity contribution in [3.63, 3.8) is 0 Å². The summed E-state index contributed by atoms with van der Waals surface area (Å²) in [6.45, 7) is 0.554. The Hall–Kier alpha value is -2.29. The van der Waals surface area contributed by atoms with Gasteiger partial charge in [0.25, 0.3) is 0 Å². The van der Waals surface area contributed by atoms with Crippen LogP contribution in [0.5, 0.6) is 5.75 Å². The number of benzene rings is 2. The van der Waals surface area contributed by atoms with E-state index in [1.54, 1.807) is 0 Å². The smallest absolute Gasteiger partial charge is 0.303 e. The van der Waals surface area contributed by atoms with Crippen molar-refractivity contribution in [2.24, 2.45) is 5.92 Å². The third-order valence-corrected chi connectivity index (χ3v) is 4.22. The Morgan fingerprint density at radius 1 is 1.14 bits per heavy atom. The summed E-state index contributed by atoms with van der Waals surface area (Å²) in [5.41, 5.74) is 3.71. The molecule has 114 valence electrons. The lowest BCUT2D eigenvalue weighted by atomic mass is 9.82. The molecular weight excluding hydrogens is 276 g/mol. The lowest BCUT2D eigenvalue weighted by molar-refractivity contribution is -0.138. The molecule has 1 aliphatic rings. The monoisotopic (exact) mass is 296 g/mol. The molecule has 0 fully saturated rings. The van der Waals surface area contributed by atoms with Gasteiger partial charge >= 0.3 is 5.97 Å². The third-order valence-electron chi connectivity index (χ3n) is 4.22. The first-order valence-corrected chi connectivity index (χ1v) is 7.71. The first-order chi connectivity index (χ1) is 10.7. The highest BCUT2D eigenvalue weighted by Gasteiger charge is 2.21. The highest BCUT2D eigenvalue weighted by Crippen LogP contribution is 2.30. The summed E-state index contributed by atoms with van der Waals surface area (Å²) in [7, 11) is 0. The van der Waals surface area contributed by atoms with Gasteiger partial charge in [0.1, 0.15) is 12.4 Å². The van der Waals surface area contributed by atoms with Crippen molar-refractivity contribution in [3.05, 3.63) is 65.2 Å². The van der Waals surface area contributed by atoms with Gasteiger partial charge in [0.2, 0.25) is 0 Å². The van der Waals surface area contributed by atoms with Crippen LogP contribution in [0.2, 0.25) is 0 Å². The molecule has 22 heavy (non-hydrogen) atoms. The summed E-state index contributed by atoms with van der Waals surface area (Å²) in [5.74, 6) is 0.401. The number of hydrogen-bond donors (Lipinski definition) is 1. The average Bonchev–Trinajstić information content (AvgIpc) is 2.53. The van der Waals surface area contributed by atoms with Crippen molar-refractivity contribution in [2.45, 2.75) is 32.3 Å². The summed E-state index contributed by atoms with van der Waals surface area (Å²) in [6, 6.07) is 16.3. The van der Waals surface area contributed by atoms with Gasteiger partial charge in [0.15, 0.2) is 0 Å². The van der Waals surface area contributed by atoms with E-state index in [2.05, 4.69) is 12.1 Å². The summed E-state index contributed by atoms with van der Waals surface area (Å²) in [4.78, 5) is 10.9. The number of rotatable bonds is 5. The number of aliphatic carboxylic acids is 1. The van der Waals surface area contributed by atoms with E-state index in [0.29, 0.717) is 6.61 Å². The van der Waals surface area contributed by atoms with Crippen molar-refractivity contribution >= 4 is 5.97 Å². The Morgan fingerprint density at radius 2 is 1.95 bits per heavy atom. The Bertz CT molecular complexity index is 649. The minimum absolute atomic E-state index is 0.245. The van der Waals surface area contributed by atoms with Crippen molar-refractivity contribution < 1.29 is 14.6 Å². The third kappa shape index (κ3) is 3.67. The maximum absolute atomic E-state index is 10.9. The molecule has 1 atom stereocenters. The molecule has 0 aliphatic heterocycles. The molecule has 1 aliphatic carbocycles. The number of carboxylic acid groups (broad SMARTS) is 1. The van der Waals surface area contributed by atoms with Crippen molar-refractivity contribution in [2.75, 3.05) is 0 Å². The van der Waals surface area contributed by atoms with Crippen LogP contribution in [0.25, 0.3) is 0 Å². The van der Waals surface area contributed by atoms with Gasteiger partial charge in [-0.2, -0.15) is 0 Å². The standard InChI is InChI=1S/C19H20O3/c20-19(21)11-15-6-7-16-8-9-18(12-17(16)10-15)22-13-14-4-2-1-3-5-14/h1-5,8-9,12,15H,6-7,10-11,13H2,(H,20,21). The van der Waals surface area contributed by atoms with E-state index >= 15 is 0 Å². The first kappa shape index (κ1) is 14.6. The van der Waals surface area contributed by atoms with Crippen molar-refractivity contribution in [3.8, 4) is 5.75 Å². The maximum Gasteiger partial charge on any atom is 0.303 e. The second-order valence-corrected chi connectivity index (χ2v) is 5.91. The van der Waals surface area contributed by atoms with Gasteiger partial charge in [0, 0.05) is 6.42 Å². The van der Waals surface area contributed by atoms with Crippen LogP contribution in [0.1, 0.15) is 29.5 Å². The number of fused-ring (bicyclic) bond motifs is 1. The fourth-order valence-electron chi connectivity index (χ4n) is 3.06. The van der Waals surface area contributed by atoms with Gasteiger partial charge in [0.05, 0.1) is 0 Å². The summed E-state index contributed by atoms with van der Waals surface area (Å²) in [6.07, 6.45) is 3.02. The quantitative estimate of drug-likeness (QED) is 0.911. The minimum Gasteiger partial charge on any atom is -0.489 e. The molecule has 0 bridgehead atoms. The highest BCUT2D eigenvalue weighted by atomic mass is 16.5. The van der Waals surface area contributed by atoms with E-state index in [9.17, 15) is 4.79 Å². The molecule has 0 saturated carbocycles. The van der Waals surface area contributed by atoms with Crippen molar-refractivity contribution in [1.29, 1.82) is 0 Å². The van der Waals surface area contributed by atoms with E-state index in [1.165, 1.54) is 11.1 Å². The fraction of sp³-hybridized carbons (Fsp3) is 0.316.